The lowest BCUT2D eigenvalue weighted by Gasteiger charge is -2.61. The summed E-state index contributed by atoms with van der Waals surface area (Å²) < 4.78 is 43.7. The fourth-order valence-electron chi connectivity index (χ4n) is 11.0. The molecule has 5 aliphatic heterocycles. The van der Waals surface area contributed by atoms with Gasteiger partial charge in [-0.2, -0.15) is 5.10 Å². The molecule has 4 N–H and O–H groups in total. The lowest BCUT2D eigenvalue weighted by Crippen LogP contribution is -2.72. The van der Waals surface area contributed by atoms with Crippen LogP contribution in [0.25, 0.3) is 33.8 Å². The molecule has 21 nitrogen and oxygen atoms in total. The van der Waals surface area contributed by atoms with Gasteiger partial charge in [-0.25, -0.2) is 38.2 Å². The van der Waals surface area contributed by atoms with Crippen molar-refractivity contribution in [3.8, 4) is 22.8 Å². The number of hydrogen-bond acceptors (Lipinski definition) is 17. The second-order valence-corrected chi connectivity index (χ2v) is 20.4. The predicted molar refractivity (Wildman–Crippen MR) is 255 cm³/mol. The van der Waals surface area contributed by atoms with E-state index in [1.807, 2.05) is 20.8 Å². The third-order valence-electron chi connectivity index (χ3n) is 14.8. The molecule has 374 valence electrons. The molecular formula is C48H57F2N15O6. The zero-order valence-electron chi connectivity index (χ0n) is 40.0. The maximum atomic E-state index is 15.2. The molecule has 11 rings (SSSR count). The number of hydrogen-bond donors (Lipinski definition) is 3. The highest BCUT2D eigenvalue weighted by atomic mass is 19.1. The van der Waals surface area contributed by atoms with E-state index in [2.05, 4.69) is 35.6 Å². The number of anilines is 4. The van der Waals surface area contributed by atoms with Crippen molar-refractivity contribution in [2.45, 2.75) is 77.3 Å². The first kappa shape index (κ1) is 46.3. The van der Waals surface area contributed by atoms with E-state index in [0.717, 1.165) is 62.5 Å². The number of nitrogens with zero attached hydrogens (tertiary/aromatic N) is 12. The third kappa shape index (κ3) is 8.92. The molecule has 1 aromatic carbocycles. The summed E-state index contributed by atoms with van der Waals surface area (Å²) in [5, 5.41) is 15.1. The number of aryl methyl sites for hydroxylation is 1. The number of likely N-dealkylation sites (tertiary alicyclic amines) is 2. The van der Waals surface area contributed by atoms with Crippen molar-refractivity contribution < 1.29 is 37.2 Å². The molecule has 5 saturated heterocycles. The van der Waals surface area contributed by atoms with Crippen LogP contribution < -0.4 is 26.2 Å². The van der Waals surface area contributed by atoms with Gasteiger partial charge in [-0.15, -0.1) is 0 Å². The van der Waals surface area contributed by atoms with Crippen molar-refractivity contribution >= 4 is 57.7 Å². The van der Waals surface area contributed by atoms with Gasteiger partial charge in [0.15, 0.2) is 35.5 Å². The fourth-order valence-corrected chi connectivity index (χ4v) is 11.0. The maximum absolute atomic E-state index is 15.2. The SMILES string of the molecule is Cc1nc(-c2c(-c3nn(C(C)C)c4ncnc(N)c34)noc2C2CC2)ncc1N1CCN(C(=O)OCC(=O)N2CCC(CN3CC4(C3)CN(c3c(F)cc(NC5CCC(=O)NC5=O)cc3F)C4)CC2)CC1. The predicted octanol–water partition coefficient (Wildman–Crippen LogP) is 4.10. The molecule has 4 amide bonds. The summed E-state index contributed by atoms with van der Waals surface area (Å²) >= 11 is 0. The van der Waals surface area contributed by atoms with Gasteiger partial charge in [0, 0.05) is 101 Å². The molecule has 23 heteroatoms. The molecule has 71 heavy (non-hydrogen) atoms. The Hall–Kier alpha value is -7.04. The number of amides is 4. The van der Waals surface area contributed by atoms with E-state index in [4.69, 9.17) is 30.1 Å². The number of nitrogens with two attached hydrogens (primary N) is 1. The van der Waals surface area contributed by atoms with E-state index in [1.165, 1.54) is 18.5 Å². The topological polar surface area (TPSA) is 239 Å². The number of carbonyl (C=O) groups is 4. The molecule has 1 aliphatic carbocycles. The lowest BCUT2D eigenvalue weighted by atomic mass is 9.72. The number of halogens is 2. The van der Waals surface area contributed by atoms with Crippen LogP contribution in [0.3, 0.4) is 0 Å². The number of aromatic nitrogens is 7. The summed E-state index contributed by atoms with van der Waals surface area (Å²) in [6, 6.07) is 1.66. The highest BCUT2D eigenvalue weighted by Gasteiger charge is 2.53. The molecule has 1 unspecified atom stereocenters. The van der Waals surface area contributed by atoms with Gasteiger partial charge in [0.05, 0.1) is 28.5 Å². The highest BCUT2D eigenvalue weighted by molar-refractivity contribution is 6.02. The van der Waals surface area contributed by atoms with Crippen LogP contribution in [-0.4, -0.2) is 158 Å². The minimum atomic E-state index is -0.735. The average Bonchev–Trinajstić information content (AvgIpc) is 3.95. The van der Waals surface area contributed by atoms with Crippen molar-refractivity contribution in [1.29, 1.82) is 0 Å². The van der Waals surface area contributed by atoms with Crippen LogP contribution in [0.1, 0.15) is 75.8 Å². The van der Waals surface area contributed by atoms with E-state index in [1.54, 1.807) is 25.6 Å². The Kier molecular flexibility index (Phi) is 11.9. The number of imide groups is 1. The van der Waals surface area contributed by atoms with Gasteiger partial charge in [0.2, 0.25) is 11.8 Å². The van der Waals surface area contributed by atoms with Crippen molar-refractivity contribution in [3.63, 3.8) is 0 Å². The van der Waals surface area contributed by atoms with Crippen LogP contribution in [0.4, 0.5) is 36.5 Å². The fraction of sp³-hybridized carbons (Fsp3) is 0.542. The molecule has 1 spiro atoms. The van der Waals surface area contributed by atoms with Gasteiger partial charge in [0.25, 0.3) is 5.91 Å². The van der Waals surface area contributed by atoms with Gasteiger partial charge in [-0.05, 0) is 70.9 Å². The van der Waals surface area contributed by atoms with Crippen LogP contribution in [0.15, 0.2) is 29.2 Å². The number of rotatable bonds is 12. The van der Waals surface area contributed by atoms with E-state index < -0.39 is 29.7 Å². The molecule has 4 aromatic heterocycles. The molecule has 6 fully saturated rings. The molecule has 5 aromatic rings. The first-order valence-corrected chi connectivity index (χ1v) is 24.5. The normalized spacial score (nSPS) is 20.7. The number of carbonyl (C=O) groups excluding carboxylic acids is 4. The summed E-state index contributed by atoms with van der Waals surface area (Å²) in [7, 11) is 0. The van der Waals surface area contributed by atoms with E-state index in [-0.39, 0.29) is 60.0 Å². The Morgan fingerprint density at radius 2 is 1.66 bits per heavy atom. The smallest absolute Gasteiger partial charge is 0.410 e. The lowest BCUT2D eigenvalue weighted by molar-refractivity contribution is -0.136. The number of ether oxygens (including phenoxy) is 1. The third-order valence-corrected chi connectivity index (χ3v) is 14.8. The standard InChI is InChI=1S/C48H57F2N15O6/c1-26(2)65-45-38(43(51)53-25-54-45)39(58-65)40-37(42(71-59-40)29-4-5-29)44-52-18-34(27(3)55-44)61-12-14-63(15-13-61)47(69)70-20-36(67)62-10-8-28(9-11-62)19-60-21-48(22-60)23-64(24-48)41-31(49)16-30(17-32(41)50)56-33-6-7-35(66)57-46(33)68/h16-18,25-26,28-29,33,56H,4-15,19-24H2,1-3H3,(H2,51,53,54)(H,57,66,68). The molecule has 9 heterocycles. The van der Waals surface area contributed by atoms with Crippen LogP contribution in [0, 0.1) is 29.9 Å². The number of benzene rings is 1. The summed E-state index contributed by atoms with van der Waals surface area (Å²) in [6.45, 7) is 12.4. The second kappa shape index (κ2) is 18.3. The number of nitrogens with one attached hydrogen (secondary N) is 2. The second-order valence-electron chi connectivity index (χ2n) is 20.4. The van der Waals surface area contributed by atoms with Gasteiger partial charge in [-0.3, -0.25) is 19.7 Å². The Labute approximate surface area is 407 Å². The van der Waals surface area contributed by atoms with E-state index in [0.29, 0.717) is 97.9 Å². The summed E-state index contributed by atoms with van der Waals surface area (Å²) in [5.41, 5.74) is 10.4. The van der Waals surface area contributed by atoms with Gasteiger partial charge >= 0.3 is 6.09 Å². The van der Waals surface area contributed by atoms with Crippen LogP contribution in [-0.2, 0) is 19.1 Å². The largest absolute Gasteiger partial charge is 0.439 e. The summed E-state index contributed by atoms with van der Waals surface area (Å²) in [5.74, 6) is -0.370. The number of piperazine rings is 1. The first-order valence-electron chi connectivity index (χ1n) is 24.5. The minimum absolute atomic E-state index is 0.00267. The van der Waals surface area contributed by atoms with Crippen molar-refractivity contribution in [2.75, 3.05) is 99.4 Å². The number of piperidine rings is 2. The Morgan fingerprint density at radius 3 is 2.34 bits per heavy atom. The van der Waals surface area contributed by atoms with Gasteiger partial charge in [0.1, 0.15) is 35.3 Å². The van der Waals surface area contributed by atoms with Gasteiger partial charge < -0.3 is 44.8 Å². The number of fused-ring (bicyclic) bond motifs is 1. The Balaban J connectivity index is 0.619. The quantitative estimate of drug-likeness (QED) is 0.149. The van der Waals surface area contributed by atoms with Gasteiger partial charge in [-0.1, -0.05) is 5.16 Å². The Bertz CT molecular complexity index is 2890. The average molecular weight is 978 g/mol. The van der Waals surface area contributed by atoms with Crippen LogP contribution in [0.2, 0.25) is 0 Å². The monoisotopic (exact) mass is 977 g/mol. The first-order chi connectivity index (χ1) is 34.2. The molecule has 0 bridgehead atoms. The highest BCUT2D eigenvalue weighted by Crippen LogP contribution is 2.48. The molecule has 1 atom stereocenters. The van der Waals surface area contributed by atoms with E-state index >= 15 is 8.78 Å². The zero-order valence-corrected chi connectivity index (χ0v) is 40.0. The van der Waals surface area contributed by atoms with Crippen molar-refractivity contribution in [1.82, 2.24) is 54.9 Å². The molecule has 1 saturated carbocycles. The summed E-state index contributed by atoms with van der Waals surface area (Å²) in [4.78, 5) is 78.1. The minimum Gasteiger partial charge on any atom is -0.439 e. The zero-order chi connectivity index (χ0) is 49.3. The van der Waals surface area contributed by atoms with E-state index in [9.17, 15) is 19.2 Å². The maximum Gasteiger partial charge on any atom is 0.410 e. The molecular weight excluding hydrogens is 921 g/mol. The van der Waals surface area contributed by atoms with Crippen molar-refractivity contribution in [2.24, 2.45) is 11.3 Å². The van der Waals surface area contributed by atoms with Crippen LogP contribution >= 0.6 is 0 Å². The van der Waals surface area contributed by atoms with Crippen molar-refractivity contribution in [3.05, 3.63) is 47.7 Å². The summed E-state index contributed by atoms with van der Waals surface area (Å²) in [6.07, 6.45) is 6.74. The molecule has 0 radical (unpaired) electrons. The Morgan fingerprint density at radius 1 is 0.930 bits per heavy atom. The number of nitrogen functional groups attached to an aromatic ring is 1. The molecule has 6 aliphatic rings. The van der Waals surface area contributed by atoms with Crippen LogP contribution in [0.5, 0.6) is 0 Å².